The summed E-state index contributed by atoms with van der Waals surface area (Å²) in [7, 11) is 0. The molecule has 0 spiro atoms. The second-order valence-electron chi connectivity index (χ2n) is 9.73. The number of aliphatic imine (C=N–C) groups is 3. The summed E-state index contributed by atoms with van der Waals surface area (Å²) in [6, 6.07) is 0. The van der Waals surface area contributed by atoms with Crippen LogP contribution in [-0.2, 0) is 9.47 Å². The van der Waals surface area contributed by atoms with Crippen LogP contribution < -0.4 is 5.73 Å². The monoisotopic (exact) mass is 524 g/mol. The first kappa shape index (κ1) is 32.8. The maximum absolute atomic E-state index is 15.7. The van der Waals surface area contributed by atoms with Gasteiger partial charge >= 0.3 is 0 Å². The number of ether oxygens (including phenoxy) is 2. The van der Waals surface area contributed by atoms with Gasteiger partial charge in [0.05, 0.1) is 12.1 Å². The minimum absolute atomic E-state index is 0.0204. The summed E-state index contributed by atoms with van der Waals surface area (Å²) in [6.45, 7) is 14.0. The van der Waals surface area contributed by atoms with Crippen molar-refractivity contribution in [1.82, 2.24) is 0 Å². The van der Waals surface area contributed by atoms with Crippen LogP contribution in [0.25, 0.3) is 0 Å². The number of terminal acetylenes is 1. The van der Waals surface area contributed by atoms with Crippen molar-refractivity contribution in [3.63, 3.8) is 0 Å². The molecule has 6 nitrogen and oxygen atoms in total. The highest BCUT2D eigenvalue weighted by molar-refractivity contribution is 5.78. The average molecular weight is 525 g/mol. The van der Waals surface area contributed by atoms with Crippen LogP contribution in [0.2, 0.25) is 0 Å². The third-order valence-corrected chi connectivity index (χ3v) is 5.76. The molecule has 0 aromatic carbocycles. The van der Waals surface area contributed by atoms with Crippen LogP contribution in [0.5, 0.6) is 0 Å². The first-order valence-electron chi connectivity index (χ1n) is 13.3. The van der Waals surface area contributed by atoms with Gasteiger partial charge in [-0.05, 0) is 70.7 Å². The fourth-order valence-corrected chi connectivity index (χ4v) is 3.79. The summed E-state index contributed by atoms with van der Waals surface area (Å²) < 4.78 is 27.8. The van der Waals surface area contributed by atoms with Crippen molar-refractivity contribution >= 4 is 18.8 Å². The number of hydrogen-bond donors (Lipinski definition) is 1. The van der Waals surface area contributed by atoms with Crippen molar-refractivity contribution in [2.24, 2.45) is 26.6 Å². The van der Waals surface area contributed by atoms with Gasteiger partial charge in [0.15, 0.2) is 12.4 Å². The summed E-state index contributed by atoms with van der Waals surface area (Å²) in [5.74, 6) is 3.00. The van der Waals surface area contributed by atoms with Crippen molar-refractivity contribution in [3.05, 3.63) is 59.3 Å². The number of nitrogens with two attached hydrogens (primary N) is 1. The molecule has 38 heavy (non-hydrogen) atoms. The summed E-state index contributed by atoms with van der Waals surface area (Å²) in [4.78, 5) is 12.6. The Kier molecular flexibility index (Phi) is 15.6. The first-order valence-corrected chi connectivity index (χ1v) is 13.3. The quantitative estimate of drug-likeness (QED) is 0.0871. The predicted octanol–water partition coefficient (Wildman–Crippen LogP) is 7.02. The highest BCUT2D eigenvalue weighted by Gasteiger charge is 2.21. The second kappa shape index (κ2) is 18.1. The standard InChI is InChI=1S/C31H45FN4O2/c1-8-10-16-26(25(4)9-2)30(27(32)17-11-13-19-35-28(33)18-20-34-7)38-23-29-36-31(5,6)22-24(3)15-12-14-21-37-29/h1,12,15-16,18-20,22,25,28H,7,9-11,13-14,17,21,23,33H2,2-6H3/b15-12?,20-18?,24-22-,26-16-,30-27-,35-19?,36-29?. The van der Waals surface area contributed by atoms with Crippen LogP contribution in [0.4, 0.5) is 4.39 Å². The van der Waals surface area contributed by atoms with Crippen LogP contribution in [0.15, 0.2) is 74.3 Å². The largest absolute Gasteiger partial charge is 0.481 e. The number of unbranched alkanes of at least 4 members (excludes halogenated alkanes) is 1. The van der Waals surface area contributed by atoms with Crippen LogP contribution >= 0.6 is 0 Å². The molecular weight excluding hydrogens is 479 g/mol. The lowest BCUT2D eigenvalue weighted by molar-refractivity contribution is 0.204. The molecule has 1 heterocycles. The summed E-state index contributed by atoms with van der Waals surface area (Å²) in [6.07, 6.45) is 21.2. The zero-order chi connectivity index (χ0) is 28.4. The molecule has 0 amide bonds. The summed E-state index contributed by atoms with van der Waals surface area (Å²) in [5.41, 5.74) is 7.22. The van der Waals surface area contributed by atoms with Gasteiger partial charge in [0.1, 0.15) is 12.0 Å². The minimum atomic E-state index is -0.500. The van der Waals surface area contributed by atoms with E-state index in [2.05, 4.69) is 47.8 Å². The minimum Gasteiger partial charge on any atom is -0.481 e. The Bertz CT molecular complexity index is 1010. The second-order valence-corrected chi connectivity index (χ2v) is 9.73. The maximum atomic E-state index is 15.7. The van der Waals surface area contributed by atoms with Crippen molar-refractivity contribution in [1.29, 1.82) is 0 Å². The Labute approximate surface area is 229 Å². The lowest BCUT2D eigenvalue weighted by Crippen LogP contribution is -2.23. The van der Waals surface area contributed by atoms with Gasteiger partial charge < -0.3 is 15.2 Å². The molecule has 1 aliphatic rings. The van der Waals surface area contributed by atoms with Gasteiger partial charge in [-0.15, -0.1) is 12.3 Å². The van der Waals surface area contributed by atoms with Gasteiger partial charge in [-0.3, -0.25) is 9.98 Å². The Morgan fingerprint density at radius 2 is 2.21 bits per heavy atom. The Hall–Kier alpha value is -3.24. The predicted molar refractivity (Wildman–Crippen MR) is 159 cm³/mol. The van der Waals surface area contributed by atoms with Gasteiger partial charge in [0.25, 0.3) is 0 Å². The van der Waals surface area contributed by atoms with E-state index in [1.165, 1.54) is 6.20 Å². The molecule has 0 radical (unpaired) electrons. The third kappa shape index (κ3) is 13.3. The number of halogens is 1. The molecule has 0 saturated heterocycles. The first-order chi connectivity index (χ1) is 18.1. The fraction of sp³-hybridized carbons (Fsp3) is 0.516. The SMILES string of the molecule is C#CC/C=C(\C(OCC1=NC(C)(C)/C=C(/C)C=CCCO1)=C(\F)CCCC=NC(N)C=CN=C)C(C)CC. The molecule has 0 aliphatic carbocycles. The maximum Gasteiger partial charge on any atom is 0.223 e. The molecule has 208 valence electrons. The van der Waals surface area contributed by atoms with Gasteiger partial charge in [-0.1, -0.05) is 43.7 Å². The topological polar surface area (TPSA) is 81.6 Å². The van der Waals surface area contributed by atoms with E-state index in [4.69, 9.17) is 26.6 Å². The van der Waals surface area contributed by atoms with E-state index < -0.39 is 11.7 Å². The zero-order valence-electron chi connectivity index (χ0n) is 23.8. The van der Waals surface area contributed by atoms with E-state index in [1.54, 1.807) is 12.3 Å². The molecule has 2 N–H and O–H groups in total. The molecule has 1 aliphatic heterocycles. The third-order valence-electron chi connectivity index (χ3n) is 5.76. The number of rotatable bonds is 14. The number of allylic oxidation sites excluding steroid dienone is 5. The molecular formula is C31H45FN4O2. The average Bonchev–Trinajstić information content (AvgIpc) is 2.87. The van der Waals surface area contributed by atoms with E-state index in [-0.39, 0.29) is 30.5 Å². The Morgan fingerprint density at radius 1 is 1.45 bits per heavy atom. The van der Waals surface area contributed by atoms with E-state index in [0.29, 0.717) is 31.8 Å². The molecule has 1 rings (SSSR count). The van der Waals surface area contributed by atoms with Crippen molar-refractivity contribution < 1.29 is 13.9 Å². The molecule has 0 aromatic rings. The zero-order valence-corrected chi connectivity index (χ0v) is 23.8. The molecule has 7 heteroatoms. The molecule has 0 aromatic heterocycles. The van der Waals surface area contributed by atoms with Gasteiger partial charge in [-0.25, -0.2) is 9.38 Å². The van der Waals surface area contributed by atoms with Crippen molar-refractivity contribution in [3.8, 4) is 12.3 Å². The summed E-state index contributed by atoms with van der Waals surface area (Å²) >= 11 is 0. The highest BCUT2D eigenvalue weighted by Crippen LogP contribution is 2.30. The van der Waals surface area contributed by atoms with Crippen LogP contribution in [0, 0.1) is 18.3 Å². The molecule has 0 fully saturated rings. The lowest BCUT2D eigenvalue weighted by Gasteiger charge is -2.23. The molecule has 0 bridgehead atoms. The fourth-order valence-electron chi connectivity index (χ4n) is 3.79. The molecule has 2 atom stereocenters. The van der Waals surface area contributed by atoms with E-state index in [0.717, 1.165) is 24.0 Å². The normalized spacial score (nSPS) is 20.0. The number of nitrogens with zero attached hydrogens (tertiary/aromatic N) is 3. The van der Waals surface area contributed by atoms with Crippen molar-refractivity contribution in [2.75, 3.05) is 13.2 Å². The summed E-state index contributed by atoms with van der Waals surface area (Å²) in [5, 5.41) is 0. The Balaban J connectivity index is 3.18. The number of hydrogen-bond acceptors (Lipinski definition) is 6. The van der Waals surface area contributed by atoms with Gasteiger partial charge in [0.2, 0.25) is 5.90 Å². The van der Waals surface area contributed by atoms with Crippen molar-refractivity contribution in [2.45, 2.75) is 84.8 Å². The molecule has 0 saturated carbocycles. The van der Waals surface area contributed by atoms with Crippen LogP contribution in [0.1, 0.15) is 73.1 Å². The van der Waals surface area contributed by atoms with E-state index >= 15 is 4.39 Å². The highest BCUT2D eigenvalue weighted by atomic mass is 19.1. The van der Waals surface area contributed by atoms with E-state index in [1.807, 2.05) is 33.8 Å². The van der Waals surface area contributed by atoms with E-state index in [9.17, 15) is 0 Å². The van der Waals surface area contributed by atoms with Gasteiger partial charge in [0, 0.05) is 25.3 Å². The van der Waals surface area contributed by atoms with Crippen LogP contribution in [0.3, 0.4) is 0 Å². The Morgan fingerprint density at radius 3 is 2.89 bits per heavy atom. The molecule has 2 unspecified atom stereocenters. The smallest absolute Gasteiger partial charge is 0.223 e. The van der Waals surface area contributed by atoms with Crippen LogP contribution in [-0.4, -0.2) is 43.7 Å². The lowest BCUT2D eigenvalue weighted by atomic mass is 9.94. The van der Waals surface area contributed by atoms with Gasteiger partial charge in [-0.2, -0.15) is 0 Å².